The Bertz CT molecular complexity index is 815. The van der Waals surface area contributed by atoms with Crippen LogP contribution in [-0.4, -0.2) is 18.1 Å². The molecule has 25 heavy (non-hydrogen) atoms. The molecule has 0 spiro atoms. The molecule has 0 saturated carbocycles. The number of hydrogen-bond acceptors (Lipinski definition) is 4. The van der Waals surface area contributed by atoms with Crippen LogP contribution in [0.1, 0.15) is 53.6 Å². The van der Waals surface area contributed by atoms with Crippen molar-refractivity contribution in [3.63, 3.8) is 0 Å². The average molecular weight is 336 g/mol. The molecule has 1 aromatic carbocycles. The second-order valence-electron chi connectivity index (χ2n) is 6.55. The van der Waals surface area contributed by atoms with Gasteiger partial charge in [0, 0.05) is 5.56 Å². The molecule has 0 unspecified atom stereocenters. The lowest BCUT2D eigenvalue weighted by Gasteiger charge is -2.18. The molecule has 0 fully saturated rings. The summed E-state index contributed by atoms with van der Waals surface area (Å²) in [4.78, 5) is 17.1. The van der Waals surface area contributed by atoms with Crippen molar-refractivity contribution in [3.8, 4) is 17.2 Å². The van der Waals surface area contributed by atoms with Crippen LogP contribution in [0.4, 0.5) is 0 Å². The number of aromatic nitrogens is 1. The Morgan fingerprint density at radius 3 is 2.36 bits per heavy atom. The molecule has 4 heteroatoms. The summed E-state index contributed by atoms with van der Waals surface area (Å²) in [7, 11) is 1.36. The minimum Gasteiger partial charge on any atom is -0.465 e. The Labute approximate surface area is 149 Å². The molecule has 0 aliphatic carbocycles. The van der Waals surface area contributed by atoms with E-state index in [1.807, 2.05) is 38.1 Å². The van der Waals surface area contributed by atoms with Crippen LogP contribution >= 0.6 is 0 Å². The first kappa shape index (κ1) is 18.7. The van der Waals surface area contributed by atoms with Crippen LogP contribution in [0, 0.1) is 24.2 Å². The fourth-order valence-corrected chi connectivity index (χ4v) is 2.93. The van der Waals surface area contributed by atoms with Gasteiger partial charge in [-0.15, -0.1) is 0 Å². The summed E-state index contributed by atoms with van der Waals surface area (Å²) in [6.07, 6.45) is 1.29. The molecule has 0 bridgehead atoms. The van der Waals surface area contributed by atoms with Gasteiger partial charge in [-0.05, 0) is 31.2 Å². The molecule has 0 atom stereocenters. The molecule has 1 heterocycles. The smallest absolute Gasteiger partial charge is 0.340 e. The highest BCUT2D eigenvalue weighted by atomic mass is 16.5. The van der Waals surface area contributed by atoms with Crippen molar-refractivity contribution in [1.29, 1.82) is 5.26 Å². The number of nitriles is 1. The van der Waals surface area contributed by atoms with Gasteiger partial charge in [0.1, 0.15) is 6.07 Å². The molecule has 1 aromatic heterocycles. The summed E-state index contributed by atoms with van der Waals surface area (Å²) in [6.45, 7) is 8.14. The quantitative estimate of drug-likeness (QED) is 0.755. The number of carbonyl (C=O) groups is 1. The molecule has 0 radical (unpaired) electrons. The standard InChI is InChI=1S/C21H24N2O2/c1-6-17-20(21(24)25-5)19(15-9-7-14(4)8-10-15)16(12-22)18(23-17)11-13(2)3/h7-10,13H,6,11H2,1-5H3. The monoisotopic (exact) mass is 336 g/mol. The van der Waals surface area contributed by atoms with E-state index in [2.05, 4.69) is 24.9 Å². The van der Waals surface area contributed by atoms with Gasteiger partial charge in [0.15, 0.2) is 0 Å². The molecule has 0 saturated heterocycles. The molecular formula is C21H24N2O2. The number of benzene rings is 1. The maximum Gasteiger partial charge on any atom is 0.340 e. The lowest BCUT2D eigenvalue weighted by atomic mass is 9.89. The summed E-state index contributed by atoms with van der Waals surface area (Å²) in [5, 5.41) is 9.83. The summed E-state index contributed by atoms with van der Waals surface area (Å²) in [6, 6.07) is 10.1. The highest BCUT2D eigenvalue weighted by Gasteiger charge is 2.25. The van der Waals surface area contributed by atoms with E-state index in [9.17, 15) is 10.1 Å². The van der Waals surface area contributed by atoms with Gasteiger partial charge in [-0.3, -0.25) is 4.98 Å². The number of hydrogen-bond donors (Lipinski definition) is 0. The molecule has 130 valence electrons. The number of carbonyl (C=O) groups excluding carboxylic acids is 1. The molecule has 4 nitrogen and oxygen atoms in total. The van der Waals surface area contributed by atoms with Crippen molar-refractivity contribution in [2.75, 3.05) is 7.11 Å². The Morgan fingerprint density at radius 1 is 1.24 bits per heavy atom. The largest absolute Gasteiger partial charge is 0.465 e. The topological polar surface area (TPSA) is 63.0 Å². The van der Waals surface area contributed by atoms with Gasteiger partial charge in [-0.2, -0.15) is 5.26 Å². The molecular weight excluding hydrogens is 312 g/mol. The van der Waals surface area contributed by atoms with Gasteiger partial charge in [0.05, 0.1) is 29.6 Å². The zero-order valence-electron chi connectivity index (χ0n) is 15.5. The number of ether oxygens (including phenoxy) is 1. The van der Waals surface area contributed by atoms with Crippen LogP contribution in [0.15, 0.2) is 24.3 Å². The number of aryl methyl sites for hydroxylation is 2. The number of nitrogens with zero attached hydrogens (tertiary/aromatic N) is 2. The maximum atomic E-state index is 12.5. The molecule has 0 N–H and O–H groups in total. The van der Waals surface area contributed by atoms with Crippen LogP contribution in [0.5, 0.6) is 0 Å². The van der Waals surface area contributed by atoms with E-state index in [4.69, 9.17) is 4.74 Å². The van der Waals surface area contributed by atoms with Crippen molar-refractivity contribution in [3.05, 3.63) is 52.3 Å². The second kappa shape index (κ2) is 7.94. The summed E-state index contributed by atoms with van der Waals surface area (Å²) in [5.41, 5.74) is 4.89. The average Bonchev–Trinajstić information content (AvgIpc) is 2.60. The van der Waals surface area contributed by atoms with Gasteiger partial charge in [-0.1, -0.05) is 50.6 Å². The van der Waals surface area contributed by atoms with Gasteiger partial charge < -0.3 is 4.74 Å². The minimum atomic E-state index is -0.451. The van der Waals surface area contributed by atoms with Crippen molar-refractivity contribution in [2.24, 2.45) is 5.92 Å². The van der Waals surface area contributed by atoms with Crippen molar-refractivity contribution in [1.82, 2.24) is 4.98 Å². The number of methoxy groups -OCH3 is 1. The highest BCUT2D eigenvalue weighted by Crippen LogP contribution is 2.33. The minimum absolute atomic E-state index is 0.360. The second-order valence-corrected chi connectivity index (χ2v) is 6.55. The number of esters is 1. The molecule has 2 rings (SSSR count). The van der Waals surface area contributed by atoms with E-state index in [0.717, 1.165) is 16.8 Å². The van der Waals surface area contributed by atoms with Crippen LogP contribution in [-0.2, 0) is 17.6 Å². The van der Waals surface area contributed by atoms with E-state index >= 15 is 0 Å². The Kier molecular flexibility index (Phi) is 5.93. The highest BCUT2D eigenvalue weighted by molar-refractivity contribution is 6.00. The summed E-state index contributed by atoms with van der Waals surface area (Å²) in [5.74, 6) is -0.0910. The van der Waals surface area contributed by atoms with Crippen molar-refractivity contribution in [2.45, 2.75) is 40.5 Å². The predicted octanol–water partition coefficient (Wildman–Crippen LogP) is 4.48. The lowest BCUT2D eigenvalue weighted by molar-refractivity contribution is 0.0599. The summed E-state index contributed by atoms with van der Waals surface area (Å²) < 4.78 is 5.00. The van der Waals surface area contributed by atoms with E-state index < -0.39 is 5.97 Å². The zero-order chi connectivity index (χ0) is 18.6. The van der Waals surface area contributed by atoms with Crippen molar-refractivity contribution < 1.29 is 9.53 Å². The van der Waals surface area contributed by atoms with E-state index in [1.54, 1.807) is 0 Å². The van der Waals surface area contributed by atoms with Gasteiger partial charge in [0.25, 0.3) is 0 Å². The zero-order valence-corrected chi connectivity index (χ0v) is 15.5. The third-order valence-electron chi connectivity index (χ3n) is 4.13. The fraction of sp³-hybridized carbons (Fsp3) is 0.381. The Balaban J connectivity index is 2.89. The maximum absolute atomic E-state index is 12.5. The first-order valence-electron chi connectivity index (χ1n) is 8.54. The first-order chi connectivity index (χ1) is 11.9. The van der Waals surface area contributed by atoms with Crippen LogP contribution < -0.4 is 0 Å². The van der Waals surface area contributed by atoms with E-state index in [-0.39, 0.29) is 0 Å². The van der Waals surface area contributed by atoms with E-state index in [0.29, 0.717) is 41.1 Å². The number of pyridine rings is 1. The van der Waals surface area contributed by atoms with Crippen molar-refractivity contribution >= 4 is 5.97 Å². The third-order valence-corrected chi connectivity index (χ3v) is 4.13. The molecule has 0 aliphatic rings. The predicted molar refractivity (Wildman–Crippen MR) is 98.4 cm³/mol. The Morgan fingerprint density at radius 2 is 1.88 bits per heavy atom. The van der Waals surface area contributed by atoms with Crippen LogP contribution in [0.2, 0.25) is 0 Å². The first-order valence-corrected chi connectivity index (χ1v) is 8.54. The number of rotatable bonds is 5. The van der Waals surface area contributed by atoms with E-state index in [1.165, 1.54) is 7.11 Å². The van der Waals surface area contributed by atoms with Gasteiger partial charge >= 0.3 is 5.97 Å². The fourth-order valence-electron chi connectivity index (χ4n) is 2.93. The molecule has 2 aromatic rings. The third kappa shape index (κ3) is 3.88. The van der Waals surface area contributed by atoms with Gasteiger partial charge in [-0.25, -0.2) is 4.79 Å². The van der Waals surface area contributed by atoms with Crippen LogP contribution in [0.25, 0.3) is 11.1 Å². The normalized spacial score (nSPS) is 10.6. The lowest BCUT2D eigenvalue weighted by Crippen LogP contribution is -2.15. The Hall–Kier alpha value is -2.67. The van der Waals surface area contributed by atoms with Gasteiger partial charge in [0.2, 0.25) is 0 Å². The molecule has 0 amide bonds. The summed E-state index contributed by atoms with van der Waals surface area (Å²) >= 11 is 0. The van der Waals surface area contributed by atoms with Crippen LogP contribution in [0.3, 0.4) is 0 Å². The SMILES string of the molecule is CCc1nc(CC(C)C)c(C#N)c(-c2ccc(C)cc2)c1C(=O)OC. The molecule has 0 aliphatic heterocycles.